The van der Waals surface area contributed by atoms with E-state index < -0.39 is 0 Å². The summed E-state index contributed by atoms with van der Waals surface area (Å²) >= 11 is 0. The van der Waals surface area contributed by atoms with Crippen molar-refractivity contribution < 1.29 is 4.74 Å². The lowest BCUT2D eigenvalue weighted by atomic mass is 10.2. The molecule has 0 fully saturated rings. The second-order valence-electron chi connectivity index (χ2n) is 4.90. The minimum atomic E-state index is 0.304. The molecule has 0 saturated heterocycles. The number of aromatic nitrogens is 2. The number of rotatable bonds is 8. The van der Waals surface area contributed by atoms with Gasteiger partial charge in [-0.3, -0.25) is 4.68 Å². The Labute approximate surface area is 126 Å². The first-order valence-electron chi connectivity index (χ1n) is 7.12. The Bertz CT molecular complexity index is 598. The smallest absolute Gasteiger partial charge is 0.148 e. The van der Waals surface area contributed by atoms with Gasteiger partial charge in [0.25, 0.3) is 0 Å². The van der Waals surface area contributed by atoms with Crippen LogP contribution in [-0.2, 0) is 20.0 Å². The highest BCUT2D eigenvalue weighted by molar-refractivity contribution is 5.33. The van der Waals surface area contributed by atoms with Crippen LogP contribution in [0.15, 0.2) is 36.7 Å². The number of terminal acetylenes is 1. The van der Waals surface area contributed by atoms with Crippen LogP contribution < -0.4 is 10.1 Å². The first-order chi connectivity index (χ1) is 10.3. The topological polar surface area (TPSA) is 39.1 Å². The third kappa shape index (κ3) is 4.97. The van der Waals surface area contributed by atoms with E-state index in [4.69, 9.17) is 11.2 Å². The molecule has 0 aliphatic carbocycles. The molecule has 0 aliphatic heterocycles. The van der Waals surface area contributed by atoms with Gasteiger partial charge in [0.2, 0.25) is 0 Å². The Hall–Kier alpha value is -2.25. The van der Waals surface area contributed by atoms with Crippen LogP contribution in [0.5, 0.6) is 5.75 Å². The standard InChI is InChI=1S/C17H21N3O/c1-3-11-21-17-9-5-4-8-16(17)13-18-10-6-7-15-12-19-20(2)14-15/h1,4-5,8-9,12,14,18H,6-7,10-11,13H2,2H3. The van der Waals surface area contributed by atoms with Crippen LogP contribution in [0.3, 0.4) is 0 Å². The molecule has 21 heavy (non-hydrogen) atoms. The monoisotopic (exact) mass is 283 g/mol. The fourth-order valence-electron chi connectivity index (χ4n) is 2.15. The van der Waals surface area contributed by atoms with Crippen molar-refractivity contribution >= 4 is 0 Å². The van der Waals surface area contributed by atoms with E-state index in [0.29, 0.717) is 6.61 Å². The van der Waals surface area contributed by atoms with Crippen LogP contribution >= 0.6 is 0 Å². The molecule has 4 heteroatoms. The maximum Gasteiger partial charge on any atom is 0.148 e. The van der Waals surface area contributed by atoms with Crippen LogP contribution in [0.4, 0.5) is 0 Å². The quantitative estimate of drug-likeness (QED) is 0.596. The number of benzene rings is 1. The number of aryl methyl sites for hydroxylation is 2. The summed E-state index contributed by atoms with van der Waals surface area (Å²) in [6.07, 6.45) is 11.3. The normalized spacial score (nSPS) is 10.3. The van der Waals surface area contributed by atoms with E-state index in [9.17, 15) is 0 Å². The average molecular weight is 283 g/mol. The van der Waals surface area contributed by atoms with Gasteiger partial charge in [-0.25, -0.2) is 0 Å². The van der Waals surface area contributed by atoms with Gasteiger partial charge in [0.15, 0.2) is 0 Å². The molecule has 0 spiro atoms. The molecule has 0 amide bonds. The van der Waals surface area contributed by atoms with E-state index in [1.54, 1.807) is 0 Å². The Morgan fingerprint density at radius 3 is 3.00 bits per heavy atom. The van der Waals surface area contributed by atoms with E-state index in [1.807, 2.05) is 36.1 Å². The fourth-order valence-corrected chi connectivity index (χ4v) is 2.15. The zero-order chi connectivity index (χ0) is 14.9. The molecule has 110 valence electrons. The van der Waals surface area contributed by atoms with Crippen LogP contribution in [0.2, 0.25) is 0 Å². The van der Waals surface area contributed by atoms with E-state index in [1.165, 1.54) is 5.56 Å². The number of hydrogen-bond donors (Lipinski definition) is 1. The van der Waals surface area contributed by atoms with Crippen molar-refractivity contribution in [1.82, 2.24) is 15.1 Å². The molecular formula is C17H21N3O. The van der Waals surface area contributed by atoms with Crippen LogP contribution in [0.25, 0.3) is 0 Å². The van der Waals surface area contributed by atoms with Gasteiger partial charge in [0.05, 0.1) is 6.20 Å². The summed E-state index contributed by atoms with van der Waals surface area (Å²) in [5, 5.41) is 7.60. The van der Waals surface area contributed by atoms with Gasteiger partial charge in [-0.05, 0) is 31.0 Å². The molecule has 1 heterocycles. The summed E-state index contributed by atoms with van der Waals surface area (Å²) in [5.41, 5.74) is 2.41. The lowest BCUT2D eigenvalue weighted by Gasteiger charge is -2.10. The Balaban J connectivity index is 1.72. The summed E-state index contributed by atoms with van der Waals surface area (Å²) in [7, 11) is 1.94. The molecule has 1 aromatic carbocycles. The molecule has 0 unspecified atom stereocenters. The van der Waals surface area contributed by atoms with Crippen molar-refractivity contribution in [3.8, 4) is 18.1 Å². The van der Waals surface area contributed by atoms with E-state index in [-0.39, 0.29) is 0 Å². The zero-order valence-electron chi connectivity index (χ0n) is 12.4. The molecule has 2 rings (SSSR count). The number of para-hydroxylation sites is 1. The highest BCUT2D eigenvalue weighted by atomic mass is 16.5. The molecule has 0 bridgehead atoms. The molecule has 0 saturated carbocycles. The lowest BCUT2D eigenvalue weighted by molar-refractivity contribution is 0.365. The second kappa shape index (κ2) is 8.13. The van der Waals surface area contributed by atoms with Crippen molar-refractivity contribution in [3.63, 3.8) is 0 Å². The number of nitrogens with zero attached hydrogens (tertiary/aromatic N) is 2. The summed E-state index contributed by atoms with van der Waals surface area (Å²) in [6.45, 7) is 2.05. The largest absolute Gasteiger partial charge is 0.481 e. The molecule has 0 radical (unpaired) electrons. The van der Waals surface area contributed by atoms with Crippen molar-refractivity contribution in [2.45, 2.75) is 19.4 Å². The third-order valence-electron chi connectivity index (χ3n) is 3.18. The Morgan fingerprint density at radius 1 is 1.38 bits per heavy atom. The molecule has 1 aromatic heterocycles. The van der Waals surface area contributed by atoms with Crippen LogP contribution in [0, 0.1) is 12.3 Å². The Kier molecular flexibility index (Phi) is 5.86. The fraction of sp³-hybridized carbons (Fsp3) is 0.353. The highest BCUT2D eigenvalue weighted by Crippen LogP contribution is 2.17. The van der Waals surface area contributed by atoms with E-state index in [0.717, 1.165) is 37.2 Å². The van der Waals surface area contributed by atoms with Crippen LogP contribution in [-0.4, -0.2) is 22.9 Å². The molecule has 2 aromatic rings. The second-order valence-corrected chi connectivity index (χ2v) is 4.90. The molecule has 1 N–H and O–H groups in total. The molecule has 4 nitrogen and oxygen atoms in total. The summed E-state index contributed by atoms with van der Waals surface area (Å²) < 4.78 is 7.36. The van der Waals surface area contributed by atoms with Gasteiger partial charge in [0, 0.05) is 25.4 Å². The summed E-state index contributed by atoms with van der Waals surface area (Å²) in [5.74, 6) is 3.35. The summed E-state index contributed by atoms with van der Waals surface area (Å²) in [4.78, 5) is 0. The van der Waals surface area contributed by atoms with Crippen LogP contribution in [0.1, 0.15) is 17.5 Å². The van der Waals surface area contributed by atoms with Crippen molar-refractivity contribution in [1.29, 1.82) is 0 Å². The molecule has 0 atom stereocenters. The minimum Gasteiger partial charge on any atom is -0.481 e. The molecule has 0 aliphatic rings. The average Bonchev–Trinajstić information content (AvgIpc) is 2.91. The first-order valence-corrected chi connectivity index (χ1v) is 7.12. The minimum absolute atomic E-state index is 0.304. The van der Waals surface area contributed by atoms with Crippen molar-refractivity contribution in [2.24, 2.45) is 7.05 Å². The maximum absolute atomic E-state index is 5.53. The predicted molar refractivity (Wildman–Crippen MR) is 84.0 cm³/mol. The van der Waals surface area contributed by atoms with Gasteiger partial charge < -0.3 is 10.1 Å². The number of hydrogen-bond acceptors (Lipinski definition) is 3. The van der Waals surface area contributed by atoms with Gasteiger partial charge in [-0.15, -0.1) is 6.42 Å². The van der Waals surface area contributed by atoms with Gasteiger partial charge in [-0.2, -0.15) is 5.10 Å². The summed E-state index contributed by atoms with van der Waals surface area (Å²) in [6, 6.07) is 7.97. The number of nitrogens with one attached hydrogen (secondary N) is 1. The lowest BCUT2D eigenvalue weighted by Crippen LogP contribution is -2.16. The van der Waals surface area contributed by atoms with Gasteiger partial charge in [0.1, 0.15) is 12.4 Å². The zero-order valence-corrected chi connectivity index (χ0v) is 12.4. The maximum atomic E-state index is 5.53. The third-order valence-corrected chi connectivity index (χ3v) is 3.18. The van der Waals surface area contributed by atoms with E-state index in [2.05, 4.69) is 28.6 Å². The van der Waals surface area contributed by atoms with Crippen molar-refractivity contribution in [2.75, 3.05) is 13.2 Å². The SMILES string of the molecule is C#CCOc1ccccc1CNCCCc1cnn(C)c1. The van der Waals surface area contributed by atoms with Gasteiger partial charge >= 0.3 is 0 Å². The first kappa shape index (κ1) is 15.1. The van der Waals surface area contributed by atoms with Gasteiger partial charge in [-0.1, -0.05) is 24.1 Å². The van der Waals surface area contributed by atoms with Crippen molar-refractivity contribution in [3.05, 3.63) is 47.8 Å². The Morgan fingerprint density at radius 2 is 2.24 bits per heavy atom. The highest BCUT2D eigenvalue weighted by Gasteiger charge is 2.02. The number of ether oxygens (including phenoxy) is 1. The molecular weight excluding hydrogens is 262 g/mol. The van der Waals surface area contributed by atoms with E-state index >= 15 is 0 Å². The predicted octanol–water partition coefficient (Wildman–Crippen LogP) is 2.15.